The minimum absolute atomic E-state index is 0.0874. The second-order valence-corrected chi connectivity index (χ2v) is 21.3. The van der Waals surface area contributed by atoms with Crippen LogP contribution in [0.3, 0.4) is 0 Å². The molecular formula is C71H120O6. The fourth-order valence-electron chi connectivity index (χ4n) is 8.87. The third-order valence-corrected chi connectivity index (χ3v) is 13.7. The highest BCUT2D eigenvalue weighted by molar-refractivity contribution is 5.71. The molecule has 0 bridgehead atoms. The molecule has 0 aliphatic rings. The molecule has 1 atom stereocenters. The number of carbonyl (C=O) groups excluding carboxylic acids is 3. The van der Waals surface area contributed by atoms with Crippen molar-refractivity contribution in [1.29, 1.82) is 0 Å². The summed E-state index contributed by atoms with van der Waals surface area (Å²) in [4.78, 5) is 38.3. The first-order chi connectivity index (χ1) is 38.0. The standard InChI is InChI=1S/C71H120O6/c1-4-7-10-13-16-19-22-24-26-28-30-32-34-35-37-38-40-42-44-46-49-52-55-58-61-64-70(73)76-67-68(66-75-69(72)63-60-57-54-51-48-21-18-15-12-9-6-3)77-71(74)65-62-59-56-53-50-47-45-43-41-39-36-33-31-29-27-25-23-20-17-14-11-8-5-2/h7,10,15-16,18-19,23-26,29-32,35-37,39,68H,4-6,8-9,11-14,17,20-22,27-28,33-34,38,40-67H2,1-3H3/b10-7-,18-15-,19-16-,25-23-,26-24-,31-29-,32-30-,37-35-,39-36-. The zero-order valence-electron chi connectivity index (χ0n) is 50.4. The summed E-state index contributed by atoms with van der Waals surface area (Å²) in [5.74, 6) is -0.904. The smallest absolute Gasteiger partial charge is 0.306 e. The highest BCUT2D eigenvalue weighted by atomic mass is 16.6. The number of carbonyl (C=O) groups is 3. The van der Waals surface area contributed by atoms with Crippen LogP contribution in [0, 0.1) is 0 Å². The second-order valence-electron chi connectivity index (χ2n) is 21.3. The topological polar surface area (TPSA) is 78.9 Å². The maximum absolute atomic E-state index is 12.9. The van der Waals surface area contributed by atoms with E-state index in [-0.39, 0.29) is 31.1 Å². The number of allylic oxidation sites excluding steroid dienone is 18. The molecule has 0 aromatic heterocycles. The quantitative estimate of drug-likeness (QED) is 0.0261. The van der Waals surface area contributed by atoms with Crippen LogP contribution in [-0.4, -0.2) is 37.2 Å². The van der Waals surface area contributed by atoms with E-state index in [4.69, 9.17) is 14.2 Å². The van der Waals surface area contributed by atoms with Gasteiger partial charge in [0.05, 0.1) is 0 Å². The van der Waals surface area contributed by atoms with Crippen LogP contribution in [0.4, 0.5) is 0 Å². The van der Waals surface area contributed by atoms with Crippen LogP contribution >= 0.6 is 0 Å². The molecule has 0 saturated heterocycles. The SMILES string of the molecule is CC/C=C\C/C=C\C/C=C\C/C=C\C/C=C\CCCCCCCCCCCC(=O)OCC(COC(=O)CCCCCCC/C=C\CCCC)OC(=O)CCCCCCCCCC/C=C\C/C=C\C/C=C\CCCCCCC. The Morgan fingerprint density at radius 1 is 0.273 bits per heavy atom. The summed E-state index contributed by atoms with van der Waals surface area (Å²) in [6, 6.07) is 0. The minimum atomic E-state index is -0.791. The molecule has 0 radical (unpaired) electrons. The summed E-state index contributed by atoms with van der Waals surface area (Å²) >= 11 is 0. The minimum Gasteiger partial charge on any atom is -0.462 e. The molecule has 0 rings (SSSR count). The van der Waals surface area contributed by atoms with Crippen molar-refractivity contribution in [3.05, 3.63) is 109 Å². The summed E-state index contributed by atoms with van der Waals surface area (Å²) < 4.78 is 16.9. The molecule has 0 amide bonds. The Morgan fingerprint density at radius 3 is 0.844 bits per heavy atom. The molecule has 0 fully saturated rings. The lowest BCUT2D eigenvalue weighted by atomic mass is 10.1. The summed E-state index contributed by atoms with van der Waals surface area (Å²) in [5.41, 5.74) is 0. The molecule has 0 saturated carbocycles. The highest BCUT2D eigenvalue weighted by Gasteiger charge is 2.19. The average molecular weight is 1070 g/mol. The Bertz CT molecular complexity index is 1560. The van der Waals surface area contributed by atoms with Crippen LogP contribution in [-0.2, 0) is 28.6 Å². The maximum Gasteiger partial charge on any atom is 0.306 e. The summed E-state index contributed by atoms with van der Waals surface area (Å²) in [6.07, 6.45) is 88.1. The van der Waals surface area contributed by atoms with Gasteiger partial charge in [0.25, 0.3) is 0 Å². The Kier molecular flexibility index (Phi) is 61.3. The van der Waals surface area contributed by atoms with Gasteiger partial charge in [0.15, 0.2) is 6.10 Å². The van der Waals surface area contributed by atoms with Gasteiger partial charge in [0.1, 0.15) is 13.2 Å². The van der Waals surface area contributed by atoms with Gasteiger partial charge in [0, 0.05) is 19.3 Å². The molecule has 0 aromatic carbocycles. The van der Waals surface area contributed by atoms with Gasteiger partial charge in [-0.15, -0.1) is 0 Å². The van der Waals surface area contributed by atoms with Gasteiger partial charge in [-0.05, 0) is 122 Å². The molecule has 1 unspecified atom stereocenters. The largest absolute Gasteiger partial charge is 0.462 e. The monoisotopic (exact) mass is 1070 g/mol. The first kappa shape index (κ1) is 73.1. The van der Waals surface area contributed by atoms with Crippen LogP contribution in [0.2, 0.25) is 0 Å². The zero-order valence-corrected chi connectivity index (χ0v) is 50.4. The van der Waals surface area contributed by atoms with Crippen LogP contribution < -0.4 is 0 Å². The number of hydrogen-bond donors (Lipinski definition) is 0. The van der Waals surface area contributed by atoms with Crippen molar-refractivity contribution in [3.8, 4) is 0 Å². The fourth-order valence-corrected chi connectivity index (χ4v) is 8.87. The molecule has 0 heterocycles. The van der Waals surface area contributed by atoms with E-state index in [9.17, 15) is 14.4 Å². The van der Waals surface area contributed by atoms with Gasteiger partial charge < -0.3 is 14.2 Å². The predicted molar refractivity (Wildman–Crippen MR) is 334 cm³/mol. The van der Waals surface area contributed by atoms with E-state index in [0.29, 0.717) is 19.3 Å². The third-order valence-electron chi connectivity index (χ3n) is 13.7. The number of unbranched alkanes of at least 4 members (excludes halogenated alkanes) is 29. The van der Waals surface area contributed by atoms with Crippen molar-refractivity contribution in [1.82, 2.24) is 0 Å². The molecular weight excluding hydrogens is 949 g/mol. The van der Waals surface area contributed by atoms with Crippen molar-refractivity contribution in [2.45, 2.75) is 309 Å². The summed E-state index contributed by atoms with van der Waals surface area (Å²) in [6.45, 7) is 6.48. The summed E-state index contributed by atoms with van der Waals surface area (Å²) in [7, 11) is 0. The molecule has 6 nitrogen and oxygen atoms in total. The molecule has 6 heteroatoms. The molecule has 0 aromatic rings. The Morgan fingerprint density at radius 2 is 0.519 bits per heavy atom. The number of hydrogen-bond acceptors (Lipinski definition) is 6. The number of ether oxygens (including phenoxy) is 3. The maximum atomic E-state index is 12.9. The Balaban J connectivity index is 4.32. The van der Waals surface area contributed by atoms with Gasteiger partial charge in [-0.25, -0.2) is 0 Å². The third kappa shape index (κ3) is 62.8. The van der Waals surface area contributed by atoms with Crippen LogP contribution in [0.25, 0.3) is 0 Å². The van der Waals surface area contributed by atoms with E-state index in [1.54, 1.807) is 0 Å². The second kappa shape index (κ2) is 64.6. The van der Waals surface area contributed by atoms with E-state index < -0.39 is 6.10 Å². The van der Waals surface area contributed by atoms with E-state index in [1.807, 2.05) is 0 Å². The molecule has 440 valence electrons. The fraction of sp³-hybridized carbons (Fsp3) is 0.704. The van der Waals surface area contributed by atoms with Crippen molar-refractivity contribution < 1.29 is 28.6 Å². The normalized spacial score (nSPS) is 12.8. The molecule has 0 aliphatic heterocycles. The molecule has 77 heavy (non-hydrogen) atoms. The summed E-state index contributed by atoms with van der Waals surface area (Å²) in [5, 5.41) is 0. The van der Waals surface area contributed by atoms with Crippen LogP contribution in [0.15, 0.2) is 109 Å². The lowest BCUT2D eigenvalue weighted by Gasteiger charge is -2.18. The van der Waals surface area contributed by atoms with Crippen LogP contribution in [0.1, 0.15) is 303 Å². The zero-order chi connectivity index (χ0) is 55.7. The molecule has 0 aliphatic carbocycles. The van der Waals surface area contributed by atoms with E-state index in [1.165, 1.54) is 141 Å². The van der Waals surface area contributed by atoms with E-state index >= 15 is 0 Å². The van der Waals surface area contributed by atoms with E-state index in [0.717, 1.165) is 122 Å². The number of rotatable bonds is 58. The molecule has 0 spiro atoms. The van der Waals surface area contributed by atoms with Crippen molar-refractivity contribution >= 4 is 17.9 Å². The lowest BCUT2D eigenvalue weighted by molar-refractivity contribution is -0.167. The van der Waals surface area contributed by atoms with Gasteiger partial charge in [0.2, 0.25) is 0 Å². The average Bonchev–Trinajstić information content (AvgIpc) is 3.43. The van der Waals surface area contributed by atoms with Gasteiger partial charge in [-0.3, -0.25) is 14.4 Å². The van der Waals surface area contributed by atoms with Crippen molar-refractivity contribution in [2.24, 2.45) is 0 Å². The highest BCUT2D eigenvalue weighted by Crippen LogP contribution is 2.15. The van der Waals surface area contributed by atoms with Crippen molar-refractivity contribution in [2.75, 3.05) is 13.2 Å². The van der Waals surface area contributed by atoms with Gasteiger partial charge >= 0.3 is 17.9 Å². The first-order valence-electron chi connectivity index (χ1n) is 32.4. The van der Waals surface area contributed by atoms with Gasteiger partial charge in [-0.1, -0.05) is 271 Å². The van der Waals surface area contributed by atoms with E-state index in [2.05, 4.69) is 130 Å². The van der Waals surface area contributed by atoms with Crippen LogP contribution in [0.5, 0.6) is 0 Å². The first-order valence-corrected chi connectivity index (χ1v) is 32.4. The number of esters is 3. The van der Waals surface area contributed by atoms with Gasteiger partial charge in [-0.2, -0.15) is 0 Å². The lowest BCUT2D eigenvalue weighted by Crippen LogP contribution is -2.30. The molecule has 0 N–H and O–H groups in total. The Hall–Kier alpha value is -3.93. The van der Waals surface area contributed by atoms with Crippen molar-refractivity contribution in [3.63, 3.8) is 0 Å². The Labute approximate surface area is 476 Å². The predicted octanol–water partition coefficient (Wildman–Crippen LogP) is 22.2.